The number of halogens is 1. The fourth-order valence-corrected chi connectivity index (χ4v) is 3.87. The van der Waals surface area contributed by atoms with Crippen LogP contribution in [-0.4, -0.2) is 29.5 Å². The third-order valence-electron chi connectivity index (χ3n) is 5.63. The normalized spacial score (nSPS) is 19.7. The molecule has 1 atom stereocenters. The Morgan fingerprint density at radius 3 is 2.66 bits per heavy atom. The molecule has 0 aromatic heterocycles. The fraction of sp³-hybridized carbons (Fsp3) is 0.320. The van der Waals surface area contributed by atoms with Crippen LogP contribution in [0, 0.1) is 5.82 Å². The van der Waals surface area contributed by atoms with Gasteiger partial charge in [0.25, 0.3) is 0 Å². The molecule has 0 saturated carbocycles. The molecule has 4 N–H and O–H groups in total. The third-order valence-corrected chi connectivity index (χ3v) is 5.63. The lowest BCUT2D eigenvalue weighted by molar-refractivity contribution is -0.130. The molecule has 1 aliphatic heterocycles. The number of allylic oxidation sites excluding steroid dienone is 6. The lowest BCUT2D eigenvalue weighted by atomic mass is 9.97. The Morgan fingerprint density at radius 1 is 1.28 bits per heavy atom. The number of ether oxygens (including phenoxy) is 1. The summed E-state index contributed by atoms with van der Waals surface area (Å²) in [6, 6.07) is 6.18. The van der Waals surface area contributed by atoms with Crippen molar-refractivity contribution in [3.8, 4) is 0 Å². The van der Waals surface area contributed by atoms with Crippen LogP contribution in [0.5, 0.6) is 0 Å². The number of piperidine rings is 1. The Balaban J connectivity index is 1.86. The van der Waals surface area contributed by atoms with E-state index in [2.05, 4.69) is 0 Å². The molecule has 0 radical (unpaired) electrons. The Hall–Kier alpha value is -3.32. The summed E-state index contributed by atoms with van der Waals surface area (Å²) in [5, 5.41) is 1.48. The maximum absolute atomic E-state index is 13.3. The molecule has 1 heterocycles. The zero-order valence-corrected chi connectivity index (χ0v) is 18.8. The van der Waals surface area contributed by atoms with Crippen molar-refractivity contribution in [1.82, 2.24) is 9.91 Å². The first-order valence-electron chi connectivity index (χ1n) is 10.7. The average molecular weight is 439 g/mol. The van der Waals surface area contributed by atoms with Crippen LogP contribution in [0.1, 0.15) is 44.7 Å². The minimum Gasteiger partial charge on any atom is -0.501 e. The number of methoxy groups -OCH3 is 1. The van der Waals surface area contributed by atoms with E-state index < -0.39 is 0 Å². The molecule has 1 aliphatic carbocycles. The van der Waals surface area contributed by atoms with Gasteiger partial charge in [-0.2, -0.15) is 0 Å². The van der Waals surface area contributed by atoms with Crippen molar-refractivity contribution in [1.29, 1.82) is 0 Å². The van der Waals surface area contributed by atoms with E-state index in [4.69, 9.17) is 16.3 Å². The van der Waals surface area contributed by atoms with Crippen molar-refractivity contribution in [2.75, 3.05) is 13.7 Å². The summed E-state index contributed by atoms with van der Waals surface area (Å²) in [6.07, 6.45) is 11.4. The van der Waals surface area contributed by atoms with E-state index in [1.165, 1.54) is 17.1 Å². The lowest BCUT2D eigenvalue weighted by Gasteiger charge is -2.34. The number of rotatable bonds is 6. The SMILES string of the molecule is COC1=CC(/C=C2\CCCN(C(C)c3ccc(F)cc3)C2=O)=CC=C(N(N)/C=C(/C)N)C1. The summed E-state index contributed by atoms with van der Waals surface area (Å²) in [6.45, 7) is 4.41. The van der Waals surface area contributed by atoms with Gasteiger partial charge in [-0.1, -0.05) is 18.2 Å². The molecule has 1 aromatic carbocycles. The predicted molar refractivity (Wildman–Crippen MR) is 124 cm³/mol. The molecule has 1 unspecified atom stereocenters. The van der Waals surface area contributed by atoms with Crippen molar-refractivity contribution in [3.05, 3.63) is 94.4 Å². The van der Waals surface area contributed by atoms with Gasteiger partial charge in [0.1, 0.15) is 11.6 Å². The maximum atomic E-state index is 13.3. The first kappa shape index (κ1) is 23.3. The zero-order chi connectivity index (χ0) is 23.3. The molecule has 1 fully saturated rings. The standard InChI is InChI=1S/C25H31FN4O2/c1-17(27)16-30(28)23-11-6-19(14-24(15-23)32-3)13-21-5-4-12-29(25(21)31)18(2)20-7-9-22(26)10-8-20/h6-11,13-14,16,18H,4-5,12,15,27-28H2,1-3H3/b17-16-,21-13+. The largest absolute Gasteiger partial charge is 0.501 e. The molecule has 1 aromatic rings. The third kappa shape index (κ3) is 5.68. The van der Waals surface area contributed by atoms with Crippen molar-refractivity contribution < 1.29 is 13.9 Å². The number of likely N-dealkylation sites (tertiary alicyclic amines) is 1. The van der Waals surface area contributed by atoms with Crippen LogP contribution in [0.25, 0.3) is 0 Å². The first-order valence-corrected chi connectivity index (χ1v) is 10.7. The molecular formula is C25H31FN4O2. The quantitative estimate of drug-likeness (QED) is 0.396. The van der Waals surface area contributed by atoms with Gasteiger partial charge in [0.05, 0.1) is 13.2 Å². The summed E-state index contributed by atoms with van der Waals surface area (Å²) >= 11 is 0. The summed E-state index contributed by atoms with van der Waals surface area (Å²) < 4.78 is 18.8. The number of nitrogens with two attached hydrogens (primary N) is 2. The van der Waals surface area contributed by atoms with Crippen LogP contribution in [0.4, 0.5) is 4.39 Å². The molecule has 1 saturated heterocycles. The van der Waals surface area contributed by atoms with Gasteiger partial charge in [-0.3, -0.25) is 9.80 Å². The summed E-state index contributed by atoms with van der Waals surface area (Å²) in [4.78, 5) is 15.1. The maximum Gasteiger partial charge on any atom is 0.250 e. The van der Waals surface area contributed by atoms with E-state index in [0.29, 0.717) is 25.1 Å². The Kier molecular flexibility index (Phi) is 7.53. The van der Waals surface area contributed by atoms with Gasteiger partial charge in [-0.05, 0) is 68.2 Å². The highest BCUT2D eigenvalue weighted by atomic mass is 19.1. The topological polar surface area (TPSA) is 84.8 Å². The molecule has 0 spiro atoms. The molecular weight excluding hydrogens is 407 g/mol. The number of nitrogens with zero attached hydrogens (tertiary/aromatic N) is 2. The predicted octanol–water partition coefficient (Wildman–Crippen LogP) is 4.18. The minimum atomic E-state index is -0.284. The molecule has 2 aliphatic rings. The van der Waals surface area contributed by atoms with E-state index in [1.54, 1.807) is 32.4 Å². The van der Waals surface area contributed by atoms with Crippen LogP contribution in [-0.2, 0) is 9.53 Å². The molecule has 170 valence electrons. The van der Waals surface area contributed by atoms with E-state index in [9.17, 15) is 9.18 Å². The molecule has 0 bridgehead atoms. The van der Waals surface area contributed by atoms with E-state index in [0.717, 1.165) is 34.6 Å². The average Bonchev–Trinajstić information content (AvgIpc) is 2.97. The summed E-state index contributed by atoms with van der Waals surface area (Å²) in [5.41, 5.74) is 9.66. The van der Waals surface area contributed by atoms with Crippen molar-refractivity contribution >= 4 is 5.91 Å². The van der Waals surface area contributed by atoms with Crippen molar-refractivity contribution in [2.24, 2.45) is 11.6 Å². The monoisotopic (exact) mass is 438 g/mol. The summed E-state index contributed by atoms with van der Waals surface area (Å²) in [5.74, 6) is 6.55. The van der Waals surface area contributed by atoms with Crippen molar-refractivity contribution in [2.45, 2.75) is 39.2 Å². The highest BCUT2D eigenvalue weighted by molar-refractivity contribution is 5.95. The Bertz CT molecular complexity index is 1000. The molecule has 32 heavy (non-hydrogen) atoms. The van der Waals surface area contributed by atoms with Gasteiger partial charge in [-0.25, -0.2) is 10.2 Å². The first-order chi connectivity index (χ1) is 15.3. The number of carbonyl (C=O) groups excluding carboxylic acids is 1. The number of amides is 1. The highest BCUT2D eigenvalue weighted by Crippen LogP contribution is 2.29. The van der Waals surface area contributed by atoms with Gasteiger partial charge < -0.3 is 15.4 Å². The molecule has 6 nitrogen and oxygen atoms in total. The Labute approximate surface area is 189 Å². The molecule has 7 heteroatoms. The lowest BCUT2D eigenvalue weighted by Crippen LogP contribution is -2.38. The van der Waals surface area contributed by atoms with Crippen LogP contribution in [0.2, 0.25) is 0 Å². The van der Waals surface area contributed by atoms with E-state index in [1.807, 2.05) is 36.1 Å². The van der Waals surface area contributed by atoms with Crippen LogP contribution < -0.4 is 11.6 Å². The highest BCUT2D eigenvalue weighted by Gasteiger charge is 2.28. The van der Waals surface area contributed by atoms with Gasteiger partial charge in [0, 0.05) is 36.1 Å². The van der Waals surface area contributed by atoms with E-state index >= 15 is 0 Å². The van der Waals surface area contributed by atoms with Crippen LogP contribution >= 0.6 is 0 Å². The van der Waals surface area contributed by atoms with Crippen molar-refractivity contribution in [3.63, 3.8) is 0 Å². The van der Waals surface area contributed by atoms with Crippen LogP contribution in [0.3, 0.4) is 0 Å². The second-order valence-electron chi connectivity index (χ2n) is 8.10. The smallest absolute Gasteiger partial charge is 0.250 e. The fourth-order valence-electron chi connectivity index (χ4n) is 3.87. The van der Waals surface area contributed by atoms with Gasteiger partial charge in [-0.15, -0.1) is 0 Å². The summed E-state index contributed by atoms with van der Waals surface area (Å²) in [7, 11) is 1.61. The number of benzene rings is 1. The second kappa shape index (κ2) is 10.3. The number of hydrogen-bond acceptors (Lipinski definition) is 5. The van der Waals surface area contributed by atoms with Crippen LogP contribution in [0.15, 0.2) is 83.1 Å². The molecule has 3 rings (SSSR count). The van der Waals surface area contributed by atoms with Gasteiger partial charge in [0.2, 0.25) is 5.91 Å². The number of hydrogen-bond donors (Lipinski definition) is 2. The molecule has 1 amide bonds. The Morgan fingerprint density at radius 2 is 2.00 bits per heavy atom. The van der Waals surface area contributed by atoms with E-state index in [-0.39, 0.29) is 17.8 Å². The zero-order valence-electron chi connectivity index (χ0n) is 18.8. The number of hydrazine groups is 1. The second-order valence-corrected chi connectivity index (χ2v) is 8.10. The minimum absolute atomic E-state index is 0.00284. The van der Waals surface area contributed by atoms with Gasteiger partial charge >= 0.3 is 0 Å². The van der Waals surface area contributed by atoms with Gasteiger partial charge in [0.15, 0.2) is 0 Å². The number of carbonyl (C=O) groups is 1.